The number of nitrogens with two attached hydrogens (primary N) is 1. The maximum Gasteiger partial charge on any atom is 0.332 e. The highest BCUT2D eigenvalue weighted by Gasteiger charge is 2.18. The summed E-state index contributed by atoms with van der Waals surface area (Å²) in [4.78, 5) is 34.7. The second-order valence-electron chi connectivity index (χ2n) is 5.22. The number of imidazole rings is 1. The average Bonchev–Trinajstić information content (AvgIpc) is 2.77. The van der Waals surface area contributed by atoms with E-state index in [0.29, 0.717) is 17.2 Å². The Morgan fingerprint density at radius 1 is 1.18 bits per heavy atom. The summed E-state index contributed by atoms with van der Waals surface area (Å²) < 4.78 is 1.42. The Bertz CT molecular complexity index is 968. The molecule has 0 atom stereocenters. The number of amides is 1. The molecule has 1 amide bonds. The minimum Gasteiger partial charge on any atom is -0.364 e. The third-order valence-electron chi connectivity index (χ3n) is 3.63. The number of carbonyl (C=O) groups excluding carboxylic acids is 1. The molecule has 0 spiro atoms. The Hall–Kier alpha value is -2.96. The second-order valence-corrected chi connectivity index (χ2v) is 5.22. The highest BCUT2D eigenvalue weighted by Crippen LogP contribution is 2.18. The molecule has 7 heteroatoms. The van der Waals surface area contributed by atoms with E-state index in [1.54, 1.807) is 6.92 Å². The van der Waals surface area contributed by atoms with E-state index in [0.717, 1.165) is 11.1 Å². The Morgan fingerprint density at radius 3 is 2.55 bits per heavy atom. The van der Waals surface area contributed by atoms with Gasteiger partial charge in [0.15, 0.2) is 11.3 Å². The topological polar surface area (TPSA) is 107 Å². The van der Waals surface area contributed by atoms with Crippen molar-refractivity contribution in [2.75, 3.05) is 0 Å². The molecule has 0 aliphatic rings. The van der Waals surface area contributed by atoms with Crippen LogP contribution in [0, 0.1) is 20.8 Å². The van der Waals surface area contributed by atoms with Crippen LogP contribution < -0.4 is 11.4 Å². The van der Waals surface area contributed by atoms with Gasteiger partial charge in [-0.2, -0.15) is 0 Å². The van der Waals surface area contributed by atoms with E-state index < -0.39 is 5.91 Å². The summed E-state index contributed by atoms with van der Waals surface area (Å²) in [6.45, 7) is 5.61. The SMILES string of the molecule is Cc1nc(C(N)=O)c2[nH]c(=O)n(-c3ccc(C)c(C)c3)c2n1. The largest absolute Gasteiger partial charge is 0.364 e. The molecule has 0 saturated carbocycles. The zero-order valence-corrected chi connectivity index (χ0v) is 12.5. The number of aryl methyl sites for hydroxylation is 3. The number of rotatable bonds is 2. The molecule has 22 heavy (non-hydrogen) atoms. The molecular formula is C15H15N5O2. The standard InChI is InChI=1S/C15H15N5O2/c1-7-4-5-10(6-8(7)2)20-14-12(19-15(20)22)11(13(16)21)17-9(3)18-14/h4-6H,1-3H3,(H2,16,21)(H,19,22). The van der Waals surface area contributed by atoms with Gasteiger partial charge in [0.2, 0.25) is 0 Å². The molecule has 0 unspecified atom stereocenters. The Balaban J connectivity index is 2.39. The monoisotopic (exact) mass is 297 g/mol. The zero-order chi connectivity index (χ0) is 16.0. The molecule has 7 nitrogen and oxygen atoms in total. The molecular weight excluding hydrogens is 282 g/mol. The number of H-pyrrole nitrogens is 1. The van der Waals surface area contributed by atoms with Crippen LogP contribution >= 0.6 is 0 Å². The number of carbonyl (C=O) groups is 1. The molecule has 0 fully saturated rings. The average molecular weight is 297 g/mol. The minimum absolute atomic E-state index is 0.0159. The number of benzene rings is 1. The molecule has 3 aromatic rings. The van der Waals surface area contributed by atoms with E-state index in [-0.39, 0.29) is 16.9 Å². The highest BCUT2D eigenvalue weighted by molar-refractivity contribution is 6.01. The number of nitrogens with one attached hydrogen (secondary N) is 1. The third-order valence-corrected chi connectivity index (χ3v) is 3.63. The van der Waals surface area contributed by atoms with Crippen LogP contribution in [-0.2, 0) is 0 Å². The summed E-state index contributed by atoms with van der Waals surface area (Å²) in [5.74, 6) is -0.332. The highest BCUT2D eigenvalue weighted by atomic mass is 16.2. The maximum absolute atomic E-state index is 12.3. The summed E-state index contributed by atoms with van der Waals surface area (Å²) >= 11 is 0. The number of aromatic nitrogens is 4. The van der Waals surface area contributed by atoms with Crippen LogP contribution in [0.3, 0.4) is 0 Å². The van der Waals surface area contributed by atoms with E-state index >= 15 is 0 Å². The summed E-state index contributed by atoms with van der Waals surface area (Å²) in [6.07, 6.45) is 0. The molecule has 0 aliphatic heterocycles. The van der Waals surface area contributed by atoms with Gasteiger partial charge >= 0.3 is 5.69 Å². The lowest BCUT2D eigenvalue weighted by Crippen LogP contribution is -2.15. The Morgan fingerprint density at radius 2 is 1.91 bits per heavy atom. The van der Waals surface area contributed by atoms with E-state index in [1.165, 1.54) is 4.57 Å². The van der Waals surface area contributed by atoms with Gasteiger partial charge < -0.3 is 10.7 Å². The molecule has 0 radical (unpaired) electrons. The van der Waals surface area contributed by atoms with Gasteiger partial charge in [-0.15, -0.1) is 0 Å². The van der Waals surface area contributed by atoms with E-state index in [2.05, 4.69) is 15.0 Å². The molecule has 0 bridgehead atoms. The van der Waals surface area contributed by atoms with Crippen molar-refractivity contribution in [3.05, 3.63) is 51.3 Å². The normalized spacial score (nSPS) is 11.0. The fourth-order valence-corrected chi connectivity index (χ4v) is 2.38. The lowest BCUT2D eigenvalue weighted by Gasteiger charge is -2.07. The summed E-state index contributed by atoms with van der Waals surface area (Å²) in [6, 6.07) is 5.66. The Kier molecular flexibility index (Phi) is 3.05. The molecule has 3 rings (SSSR count). The van der Waals surface area contributed by atoms with Crippen LogP contribution in [0.4, 0.5) is 0 Å². The van der Waals surface area contributed by atoms with Crippen molar-refractivity contribution in [1.82, 2.24) is 19.5 Å². The molecule has 0 aliphatic carbocycles. The molecule has 2 aromatic heterocycles. The molecule has 2 heterocycles. The summed E-state index contributed by atoms with van der Waals surface area (Å²) in [7, 11) is 0. The van der Waals surface area contributed by atoms with Gasteiger partial charge in [-0.05, 0) is 44.0 Å². The van der Waals surface area contributed by atoms with Crippen molar-refractivity contribution >= 4 is 17.1 Å². The van der Waals surface area contributed by atoms with Crippen LogP contribution in [0.1, 0.15) is 27.4 Å². The predicted molar refractivity (Wildman–Crippen MR) is 82.2 cm³/mol. The number of nitrogens with zero attached hydrogens (tertiary/aromatic N) is 3. The maximum atomic E-state index is 12.3. The van der Waals surface area contributed by atoms with Gasteiger partial charge in [-0.25, -0.2) is 19.3 Å². The van der Waals surface area contributed by atoms with Crippen LogP contribution in [0.5, 0.6) is 0 Å². The third kappa shape index (κ3) is 2.07. The van der Waals surface area contributed by atoms with Crippen molar-refractivity contribution in [3.8, 4) is 5.69 Å². The van der Waals surface area contributed by atoms with Gasteiger partial charge in [0.05, 0.1) is 5.69 Å². The lowest BCUT2D eigenvalue weighted by molar-refractivity contribution is 0.0997. The van der Waals surface area contributed by atoms with Crippen molar-refractivity contribution in [3.63, 3.8) is 0 Å². The summed E-state index contributed by atoms with van der Waals surface area (Å²) in [5, 5.41) is 0. The molecule has 0 saturated heterocycles. The number of fused-ring (bicyclic) bond motifs is 1. The van der Waals surface area contributed by atoms with E-state index in [1.807, 2.05) is 32.0 Å². The number of aromatic amines is 1. The van der Waals surface area contributed by atoms with E-state index in [4.69, 9.17) is 5.73 Å². The first-order valence-electron chi connectivity index (χ1n) is 6.75. The molecule has 3 N–H and O–H groups in total. The Labute approximate surface area is 125 Å². The van der Waals surface area contributed by atoms with Gasteiger partial charge in [0.1, 0.15) is 11.3 Å². The van der Waals surface area contributed by atoms with Crippen LogP contribution in [0.25, 0.3) is 16.9 Å². The lowest BCUT2D eigenvalue weighted by atomic mass is 10.1. The van der Waals surface area contributed by atoms with Gasteiger partial charge in [-0.3, -0.25) is 4.79 Å². The predicted octanol–water partition coefficient (Wildman–Crippen LogP) is 1.13. The molecule has 112 valence electrons. The van der Waals surface area contributed by atoms with Crippen LogP contribution in [0.15, 0.2) is 23.0 Å². The minimum atomic E-state index is -0.705. The van der Waals surface area contributed by atoms with Crippen molar-refractivity contribution in [2.45, 2.75) is 20.8 Å². The smallest absolute Gasteiger partial charge is 0.332 e. The van der Waals surface area contributed by atoms with Crippen LogP contribution in [-0.4, -0.2) is 25.4 Å². The molecule has 1 aromatic carbocycles. The van der Waals surface area contributed by atoms with Crippen LogP contribution in [0.2, 0.25) is 0 Å². The number of hydrogen-bond acceptors (Lipinski definition) is 4. The zero-order valence-electron chi connectivity index (χ0n) is 12.5. The van der Waals surface area contributed by atoms with Crippen molar-refractivity contribution < 1.29 is 4.79 Å². The van der Waals surface area contributed by atoms with Crippen molar-refractivity contribution in [1.29, 1.82) is 0 Å². The fourth-order valence-electron chi connectivity index (χ4n) is 2.38. The van der Waals surface area contributed by atoms with Gasteiger partial charge in [-0.1, -0.05) is 6.07 Å². The van der Waals surface area contributed by atoms with Gasteiger partial charge in [0, 0.05) is 0 Å². The second kappa shape index (κ2) is 4.80. The first-order valence-corrected chi connectivity index (χ1v) is 6.75. The number of hydrogen-bond donors (Lipinski definition) is 2. The summed E-state index contributed by atoms with van der Waals surface area (Å²) in [5.41, 5.74) is 8.41. The van der Waals surface area contributed by atoms with E-state index in [9.17, 15) is 9.59 Å². The number of primary amides is 1. The first kappa shape index (κ1) is 14.0. The van der Waals surface area contributed by atoms with Crippen molar-refractivity contribution in [2.24, 2.45) is 5.73 Å². The quantitative estimate of drug-likeness (QED) is 0.739. The van der Waals surface area contributed by atoms with Gasteiger partial charge in [0.25, 0.3) is 5.91 Å². The first-order chi connectivity index (χ1) is 10.4. The fraction of sp³-hybridized carbons (Fsp3) is 0.200.